The molecule has 31 heavy (non-hydrogen) atoms. The van der Waals surface area contributed by atoms with Crippen LogP contribution >= 0.6 is 34.8 Å². The highest BCUT2D eigenvalue weighted by molar-refractivity contribution is 7.94. The standard InChI is InChI=1S/C18H19Cl3N2O7S/c1-17(2)12(15(25)29-8-10-6-4-3-5-7-10)23-13(24)11(14(23)31(17,27)28)22-16(26)30-9-18(19,20)21/h3-7,11-12,14H,8-9H2,1-2H3,(H,22,26)/t11?,12-,14+/m0/s1. The van der Waals surface area contributed by atoms with Crippen molar-refractivity contribution in [3.05, 3.63) is 35.9 Å². The number of β-lactam (4-membered cyclic amide) rings is 1. The molecule has 2 heterocycles. The maximum absolute atomic E-state index is 13.1. The Bertz CT molecular complexity index is 995. The van der Waals surface area contributed by atoms with Crippen LogP contribution in [0.5, 0.6) is 0 Å². The largest absolute Gasteiger partial charge is 0.459 e. The number of fused-ring (bicyclic) bond motifs is 1. The monoisotopic (exact) mass is 512 g/mol. The second-order valence-electron chi connectivity index (χ2n) is 7.59. The number of carbonyl (C=O) groups is 3. The summed E-state index contributed by atoms with van der Waals surface area (Å²) in [6, 6.07) is 6.01. The molecular formula is C18H19Cl3N2O7S. The lowest BCUT2D eigenvalue weighted by molar-refractivity contribution is -0.164. The lowest BCUT2D eigenvalue weighted by Gasteiger charge is -2.42. The van der Waals surface area contributed by atoms with Crippen LogP contribution in [0.2, 0.25) is 0 Å². The van der Waals surface area contributed by atoms with Crippen molar-refractivity contribution >= 4 is 62.6 Å². The van der Waals surface area contributed by atoms with Gasteiger partial charge in [0.1, 0.15) is 30.0 Å². The molecule has 3 rings (SSSR count). The quantitative estimate of drug-likeness (QED) is 0.363. The van der Waals surface area contributed by atoms with E-state index in [0.717, 1.165) is 4.90 Å². The fraction of sp³-hybridized carbons (Fsp3) is 0.500. The molecule has 9 nitrogen and oxygen atoms in total. The third kappa shape index (κ3) is 4.44. The molecule has 0 aliphatic carbocycles. The maximum Gasteiger partial charge on any atom is 0.408 e. The van der Waals surface area contributed by atoms with Gasteiger partial charge in [0, 0.05) is 0 Å². The number of amides is 2. The van der Waals surface area contributed by atoms with E-state index in [1.54, 1.807) is 30.3 Å². The van der Waals surface area contributed by atoms with Crippen LogP contribution in [0, 0.1) is 0 Å². The highest BCUT2D eigenvalue weighted by atomic mass is 35.6. The zero-order chi connectivity index (χ0) is 23.2. The molecule has 1 N–H and O–H groups in total. The van der Waals surface area contributed by atoms with E-state index >= 15 is 0 Å². The first-order chi connectivity index (χ1) is 14.3. The van der Waals surface area contributed by atoms with Crippen LogP contribution in [0.3, 0.4) is 0 Å². The van der Waals surface area contributed by atoms with E-state index in [1.807, 2.05) is 0 Å². The molecule has 0 bridgehead atoms. The molecule has 3 atom stereocenters. The van der Waals surface area contributed by atoms with Crippen LogP contribution in [0.1, 0.15) is 19.4 Å². The molecule has 0 spiro atoms. The van der Waals surface area contributed by atoms with Crippen molar-refractivity contribution in [2.24, 2.45) is 0 Å². The van der Waals surface area contributed by atoms with E-state index in [2.05, 4.69) is 10.1 Å². The number of alkyl halides is 3. The van der Waals surface area contributed by atoms with Crippen molar-refractivity contribution in [3.63, 3.8) is 0 Å². The number of nitrogens with one attached hydrogen (secondary N) is 1. The number of halogens is 3. The lowest BCUT2D eigenvalue weighted by Crippen LogP contribution is -2.72. The molecule has 1 aromatic rings. The number of rotatable bonds is 5. The van der Waals surface area contributed by atoms with Crippen LogP contribution < -0.4 is 5.32 Å². The van der Waals surface area contributed by atoms with E-state index in [1.165, 1.54) is 13.8 Å². The second-order valence-corrected chi connectivity index (χ2v) is 12.7. The number of carbonyl (C=O) groups excluding carboxylic acids is 3. The molecule has 2 amide bonds. The summed E-state index contributed by atoms with van der Waals surface area (Å²) in [5.74, 6) is -1.61. The van der Waals surface area contributed by atoms with E-state index in [4.69, 9.17) is 39.5 Å². The lowest BCUT2D eigenvalue weighted by atomic mass is 9.96. The van der Waals surface area contributed by atoms with Gasteiger partial charge in [0.05, 0.1) is 0 Å². The van der Waals surface area contributed by atoms with Crippen LogP contribution in [-0.2, 0) is 35.5 Å². The van der Waals surface area contributed by atoms with Crippen LogP contribution in [-0.4, -0.2) is 63.9 Å². The number of alkyl carbamates (subject to hydrolysis) is 1. The van der Waals surface area contributed by atoms with Gasteiger partial charge in [-0.2, -0.15) is 0 Å². The molecule has 13 heteroatoms. The average molecular weight is 514 g/mol. The smallest absolute Gasteiger partial charge is 0.408 e. The molecule has 1 aromatic carbocycles. The van der Waals surface area contributed by atoms with Gasteiger partial charge in [-0.15, -0.1) is 0 Å². The summed E-state index contributed by atoms with van der Waals surface area (Å²) in [7, 11) is -4.06. The Balaban J connectivity index is 1.74. The maximum atomic E-state index is 13.1. The highest BCUT2D eigenvalue weighted by Gasteiger charge is 2.72. The number of hydrogen-bond acceptors (Lipinski definition) is 7. The topological polar surface area (TPSA) is 119 Å². The van der Waals surface area contributed by atoms with Gasteiger partial charge in [-0.25, -0.2) is 18.0 Å². The zero-order valence-electron chi connectivity index (χ0n) is 16.4. The molecule has 170 valence electrons. The molecule has 0 saturated carbocycles. The Morgan fingerprint density at radius 2 is 1.77 bits per heavy atom. The minimum atomic E-state index is -4.06. The minimum absolute atomic E-state index is 0.0793. The molecule has 0 aromatic heterocycles. The first-order valence-corrected chi connectivity index (χ1v) is 11.7. The summed E-state index contributed by atoms with van der Waals surface area (Å²) < 4.78 is 32.6. The summed E-state index contributed by atoms with van der Waals surface area (Å²) in [4.78, 5) is 38.2. The molecule has 2 saturated heterocycles. The van der Waals surface area contributed by atoms with Crippen molar-refractivity contribution in [3.8, 4) is 0 Å². The Morgan fingerprint density at radius 3 is 2.35 bits per heavy atom. The van der Waals surface area contributed by atoms with Gasteiger partial charge >= 0.3 is 12.1 Å². The van der Waals surface area contributed by atoms with Crippen molar-refractivity contribution in [1.82, 2.24) is 10.2 Å². The summed E-state index contributed by atoms with van der Waals surface area (Å²) in [6.07, 6.45) is -1.13. The number of hydrogen-bond donors (Lipinski definition) is 1. The summed E-state index contributed by atoms with van der Waals surface area (Å²) in [6.45, 7) is 1.98. The number of benzene rings is 1. The summed E-state index contributed by atoms with van der Waals surface area (Å²) in [5, 5.41) is 0.721. The SMILES string of the molecule is CC1(C)[C@H](C(=O)OCc2ccccc2)N2C(=O)C(NC(=O)OCC(Cl)(Cl)Cl)[C@H]2S1(=O)=O. The Labute approximate surface area is 193 Å². The molecule has 1 unspecified atom stereocenters. The van der Waals surface area contributed by atoms with Gasteiger partial charge in [-0.1, -0.05) is 65.1 Å². The summed E-state index contributed by atoms with van der Waals surface area (Å²) >= 11 is 16.5. The van der Waals surface area contributed by atoms with Gasteiger partial charge < -0.3 is 19.7 Å². The van der Waals surface area contributed by atoms with Crippen LogP contribution in [0.4, 0.5) is 4.79 Å². The van der Waals surface area contributed by atoms with Crippen molar-refractivity contribution in [2.75, 3.05) is 6.61 Å². The molecule has 2 aliphatic rings. The van der Waals surface area contributed by atoms with Gasteiger partial charge in [0.2, 0.25) is 9.70 Å². The second kappa shape index (κ2) is 8.31. The molecule has 2 fully saturated rings. The molecule has 2 aliphatic heterocycles. The number of nitrogens with zero attached hydrogens (tertiary/aromatic N) is 1. The van der Waals surface area contributed by atoms with E-state index < -0.39 is 60.4 Å². The summed E-state index contributed by atoms with van der Waals surface area (Å²) in [5.41, 5.74) is 0.706. The van der Waals surface area contributed by atoms with Gasteiger partial charge in [-0.05, 0) is 19.4 Å². The Kier molecular flexibility index (Phi) is 6.41. The molecule has 0 radical (unpaired) electrons. The predicted molar refractivity (Wildman–Crippen MR) is 112 cm³/mol. The average Bonchev–Trinajstić information content (AvgIpc) is 2.83. The van der Waals surface area contributed by atoms with Crippen LogP contribution in [0.25, 0.3) is 0 Å². The van der Waals surface area contributed by atoms with Crippen molar-refractivity contribution < 1.29 is 32.3 Å². The first kappa shape index (κ1) is 23.9. The van der Waals surface area contributed by atoms with Gasteiger partial charge in [0.15, 0.2) is 15.2 Å². The normalized spacial score (nSPS) is 25.9. The van der Waals surface area contributed by atoms with Gasteiger partial charge in [-0.3, -0.25) is 4.79 Å². The van der Waals surface area contributed by atoms with Gasteiger partial charge in [0.25, 0.3) is 0 Å². The number of sulfone groups is 1. The highest BCUT2D eigenvalue weighted by Crippen LogP contribution is 2.46. The van der Waals surface area contributed by atoms with Crippen LogP contribution in [0.15, 0.2) is 30.3 Å². The minimum Gasteiger partial charge on any atom is -0.459 e. The van der Waals surface area contributed by atoms with Crippen molar-refractivity contribution in [2.45, 2.75) is 46.5 Å². The Hall–Kier alpha value is -1.75. The van der Waals surface area contributed by atoms with E-state index in [0.29, 0.717) is 5.56 Å². The van der Waals surface area contributed by atoms with E-state index in [9.17, 15) is 22.8 Å². The molecular weight excluding hydrogens is 495 g/mol. The third-order valence-corrected chi connectivity index (χ3v) is 8.31. The first-order valence-electron chi connectivity index (χ1n) is 9.03. The number of esters is 1. The fourth-order valence-corrected chi connectivity index (χ4v) is 5.92. The zero-order valence-corrected chi connectivity index (χ0v) is 19.5. The third-order valence-electron chi connectivity index (χ3n) is 5.16. The van der Waals surface area contributed by atoms with Crippen molar-refractivity contribution in [1.29, 1.82) is 0 Å². The number of ether oxygens (including phenoxy) is 2. The fourth-order valence-electron chi connectivity index (χ4n) is 3.55. The Morgan fingerprint density at radius 1 is 1.16 bits per heavy atom. The predicted octanol–water partition coefficient (Wildman–Crippen LogP) is 1.94. The van der Waals surface area contributed by atoms with E-state index in [-0.39, 0.29) is 6.61 Å².